The van der Waals surface area contributed by atoms with Gasteiger partial charge in [-0.2, -0.15) is 0 Å². The van der Waals surface area contributed by atoms with Crippen LogP contribution in [0.4, 0.5) is 5.69 Å². The lowest BCUT2D eigenvalue weighted by atomic mass is 10.2. The fraction of sp³-hybridized carbons (Fsp3) is 0.300. The summed E-state index contributed by atoms with van der Waals surface area (Å²) < 4.78 is 0. The molecule has 0 aliphatic rings. The number of hydrogen-bond donors (Lipinski definition) is 2. The second-order valence-corrected chi connectivity index (χ2v) is 2.98. The van der Waals surface area contributed by atoms with Crippen molar-refractivity contribution in [1.29, 1.82) is 0 Å². The van der Waals surface area contributed by atoms with E-state index in [0.717, 1.165) is 0 Å². The summed E-state index contributed by atoms with van der Waals surface area (Å²) in [6.07, 6.45) is 0.401. The Labute approximate surface area is 82.4 Å². The number of aromatic hydroxyl groups is 2. The van der Waals surface area contributed by atoms with E-state index in [1.165, 1.54) is 17.0 Å². The minimum atomic E-state index is -0.224. The maximum Gasteiger partial charge on any atom is 0.226 e. The van der Waals surface area contributed by atoms with Gasteiger partial charge in [0.1, 0.15) is 0 Å². The topological polar surface area (TPSA) is 60.8 Å². The van der Waals surface area contributed by atoms with E-state index in [2.05, 4.69) is 0 Å². The van der Waals surface area contributed by atoms with Crippen molar-refractivity contribution in [3.05, 3.63) is 18.2 Å². The van der Waals surface area contributed by atoms with E-state index in [4.69, 9.17) is 5.11 Å². The third kappa shape index (κ3) is 1.96. The Morgan fingerprint density at radius 3 is 2.50 bits per heavy atom. The third-order valence-electron chi connectivity index (χ3n) is 2.02. The molecule has 0 atom stereocenters. The Morgan fingerprint density at radius 1 is 1.36 bits per heavy atom. The smallest absolute Gasteiger partial charge is 0.226 e. The van der Waals surface area contributed by atoms with Crippen LogP contribution in [0.5, 0.6) is 11.5 Å². The van der Waals surface area contributed by atoms with Gasteiger partial charge >= 0.3 is 0 Å². The van der Waals surface area contributed by atoms with Crippen LogP contribution in [0.25, 0.3) is 0 Å². The molecule has 0 unspecified atom stereocenters. The number of amides is 1. The molecule has 0 bridgehead atoms. The van der Waals surface area contributed by atoms with Crippen molar-refractivity contribution in [2.75, 3.05) is 11.9 Å². The Kier molecular flexibility index (Phi) is 2.96. The zero-order chi connectivity index (χ0) is 10.7. The molecule has 0 saturated carbocycles. The summed E-state index contributed by atoms with van der Waals surface area (Å²) in [5.41, 5.74) is 0.562. The van der Waals surface area contributed by atoms with Crippen molar-refractivity contribution in [3.63, 3.8) is 0 Å². The van der Waals surface area contributed by atoms with Gasteiger partial charge in [-0.1, -0.05) is 6.92 Å². The molecule has 4 nitrogen and oxygen atoms in total. The first-order chi connectivity index (χ1) is 6.56. The van der Waals surface area contributed by atoms with Crippen LogP contribution in [0.3, 0.4) is 0 Å². The first-order valence-electron chi connectivity index (χ1n) is 4.34. The van der Waals surface area contributed by atoms with Crippen LogP contribution in [-0.4, -0.2) is 23.2 Å². The van der Waals surface area contributed by atoms with Gasteiger partial charge < -0.3 is 15.1 Å². The quantitative estimate of drug-likeness (QED) is 0.702. The van der Waals surface area contributed by atoms with Crippen molar-refractivity contribution in [2.45, 2.75) is 13.3 Å². The molecule has 0 spiro atoms. The van der Waals surface area contributed by atoms with Gasteiger partial charge in [-0.3, -0.25) is 4.79 Å². The van der Waals surface area contributed by atoms with Gasteiger partial charge in [-0.05, 0) is 12.1 Å². The molecule has 0 aromatic heterocycles. The lowest BCUT2D eigenvalue weighted by Crippen LogP contribution is -2.24. The van der Waals surface area contributed by atoms with Crippen LogP contribution < -0.4 is 4.90 Å². The summed E-state index contributed by atoms with van der Waals surface area (Å²) in [7, 11) is 1.62. The predicted molar refractivity (Wildman–Crippen MR) is 53.5 cm³/mol. The Morgan fingerprint density at radius 2 is 2.00 bits per heavy atom. The van der Waals surface area contributed by atoms with Crippen LogP contribution in [0.15, 0.2) is 18.2 Å². The van der Waals surface area contributed by atoms with Crippen molar-refractivity contribution < 1.29 is 15.0 Å². The first kappa shape index (κ1) is 10.4. The number of carbonyl (C=O) groups excluding carboxylic acids is 1. The van der Waals surface area contributed by atoms with Gasteiger partial charge in [0, 0.05) is 25.2 Å². The molecule has 0 saturated heterocycles. The fourth-order valence-electron chi connectivity index (χ4n) is 1.10. The number of hydrogen-bond acceptors (Lipinski definition) is 3. The summed E-state index contributed by atoms with van der Waals surface area (Å²) in [4.78, 5) is 12.7. The van der Waals surface area contributed by atoms with E-state index >= 15 is 0 Å². The third-order valence-corrected chi connectivity index (χ3v) is 2.02. The highest BCUT2D eigenvalue weighted by molar-refractivity contribution is 5.92. The summed E-state index contributed by atoms with van der Waals surface area (Å²) >= 11 is 0. The van der Waals surface area contributed by atoms with E-state index in [-0.39, 0.29) is 17.4 Å². The van der Waals surface area contributed by atoms with E-state index in [1.54, 1.807) is 20.0 Å². The maximum atomic E-state index is 11.3. The molecule has 0 heterocycles. The van der Waals surface area contributed by atoms with Crippen molar-refractivity contribution in [3.8, 4) is 11.5 Å². The zero-order valence-corrected chi connectivity index (χ0v) is 8.19. The van der Waals surface area contributed by atoms with Crippen LogP contribution in [0.2, 0.25) is 0 Å². The number of phenols is 2. The van der Waals surface area contributed by atoms with Gasteiger partial charge in [-0.15, -0.1) is 0 Å². The lowest BCUT2D eigenvalue weighted by molar-refractivity contribution is -0.118. The minimum Gasteiger partial charge on any atom is -0.504 e. The largest absolute Gasteiger partial charge is 0.504 e. The molecule has 1 amide bonds. The minimum absolute atomic E-state index is 0.0462. The van der Waals surface area contributed by atoms with E-state index in [9.17, 15) is 9.90 Å². The molecule has 2 N–H and O–H groups in total. The SMILES string of the molecule is CCC(=O)N(C)c1ccc(O)c(O)c1. The van der Waals surface area contributed by atoms with Crippen molar-refractivity contribution >= 4 is 11.6 Å². The van der Waals surface area contributed by atoms with Crippen LogP contribution in [0.1, 0.15) is 13.3 Å². The Balaban J connectivity index is 2.96. The standard InChI is InChI=1S/C10H13NO3/c1-3-10(14)11(2)7-4-5-8(12)9(13)6-7/h4-6,12-13H,3H2,1-2H3. The normalized spacial score (nSPS) is 9.86. The second kappa shape index (κ2) is 4.00. The zero-order valence-electron chi connectivity index (χ0n) is 8.19. The highest BCUT2D eigenvalue weighted by Gasteiger charge is 2.10. The van der Waals surface area contributed by atoms with E-state index < -0.39 is 0 Å². The van der Waals surface area contributed by atoms with Crippen LogP contribution in [-0.2, 0) is 4.79 Å². The average molecular weight is 195 g/mol. The van der Waals surface area contributed by atoms with Gasteiger partial charge in [0.2, 0.25) is 5.91 Å². The number of phenolic OH excluding ortho intramolecular Hbond substituents is 2. The molecular formula is C10H13NO3. The molecule has 4 heteroatoms. The molecular weight excluding hydrogens is 182 g/mol. The number of carbonyl (C=O) groups is 1. The summed E-state index contributed by atoms with van der Waals surface area (Å²) in [5, 5.41) is 18.3. The molecule has 0 aliphatic heterocycles. The molecule has 76 valence electrons. The van der Waals surface area contributed by atoms with Gasteiger partial charge in [0.05, 0.1) is 0 Å². The molecule has 1 aromatic carbocycles. The van der Waals surface area contributed by atoms with E-state index in [0.29, 0.717) is 12.1 Å². The van der Waals surface area contributed by atoms with Gasteiger partial charge in [0.15, 0.2) is 11.5 Å². The maximum absolute atomic E-state index is 11.3. The van der Waals surface area contributed by atoms with Gasteiger partial charge in [0.25, 0.3) is 0 Å². The molecule has 14 heavy (non-hydrogen) atoms. The van der Waals surface area contributed by atoms with Crippen LogP contribution >= 0.6 is 0 Å². The molecule has 1 aromatic rings. The molecule has 0 radical (unpaired) electrons. The first-order valence-corrected chi connectivity index (χ1v) is 4.34. The second-order valence-electron chi connectivity index (χ2n) is 2.98. The summed E-state index contributed by atoms with van der Waals surface area (Å²) in [6.45, 7) is 1.76. The fourth-order valence-corrected chi connectivity index (χ4v) is 1.10. The molecule has 1 rings (SSSR count). The highest BCUT2D eigenvalue weighted by Crippen LogP contribution is 2.28. The monoisotopic (exact) mass is 195 g/mol. The van der Waals surface area contributed by atoms with Crippen molar-refractivity contribution in [1.82, 2.24) is 0 Å². The number of rotatable bonds is 2. The number of nitrogens with zero attached hydrogens (tertiary/aromatic N) is 1. The molecule has 0 fully saturated rings. The van der Waals surface area contributed by atoms with Gasteiger partial charge in [-0.25, -0.2) is 0 Å². The Hall–Kier alpha value is -1.71. The predicted octanol–water partition coefficient (Wildman–Crippen LogP) is 1.47. The number of benzene rings is 1. The highest BCUT2D eigenvalue weighted by atomic mass is 16.3. The van der Waals surface area contributed by atoms with E-state index in [1.807, 2.05) is 0 Å². The summed E-state index contributed by atoms with van der Waals surface area (Å²) in [6, 6.07) is 4.27. The number of anilines is 1. The Bertz CT molecular complexity index is 349. The lowest BCUT2D eigenvalue weighted by Gasteiger charge is -2.16. The van der Waals surface area contributed by atoms with Crippen LogP contribution in [0, 0.1) is 0 Å². The summed E-state index contributed by atoms with van der Waals surface area (Å²) in [5.74, 6) is -0.459. The molecule has 0 aliphatic carbocycles. The van der Waals surface area contributed by atoms with Crippen molar-refractivity contribution in [2.24, 2.45) is 0 Å². The average Bonchev–Trinajstić information content (AvgIpc) is 2.20.